The molecule has 0 aromatic carbocycles. The van der Waals surface area contributed by atoms with E-state index in [2.05, 4.69) is 59.8 Å². The molecule has 4 nitrogen and oxygen atoms in total. The molecule has 0 fully saturated rings. The second-order valence-corrected chi connectivity index (χ2v) is 6.77. The van der Waals surface area contributed by atoms with Crippen molar-refractivity contribution in [2.24, 2.45) is 0 Å². The van der Waals surface area contributed by atoms with Gasteiger partial charge in [-0.05, 0) is 50.7 Å². The highest BCUT2D eigenvalue weighted by molar-refractivity contribution is 7.05. The van der Waals surface area contributed by atoms with Crippen LogP contribution in [0.1, 0.15) is 38.3 Å². The molecule has 1 rings (SSSR count). The Morgan fingerprint density at radius 1 is 0.818 bits per heavy atom. The molecule has 1 aromatic rings. The maximum absolute atomic E-state index is 4.56. The third kappa shape index (κ3) is 7.18. The van der Waals surface area contributed by atoms with Gasteiger partial charge in [0.15, 0.2) is 0 Å². The molecule has 5 heteroatoms. The van der Waals surface area contributed by atoms with Crippen molar-refractivity contribution in [3.63, 3.8) is 0 Å². The molecule has 0 saturated carbocycles. The number of hydrogen-bond acceptors (Lipinski definition) is 5. The quantitative estimate of drug-likeness (QED) is 0.589. The van der Waals surface area contributed by atoms with E-state index >= 15 is 0 Å². The second-order valence-electron chi connectivity index (χ2n) is 5.76. The lowest BCUT2D eigenvalue weighted by molar-refractivity contribution is 0.179. The highest BCUT2D eigenvalue weighted by Crippen LogP contribution is 2.10. The summed E-state index contributed by atoms with van der Waals surface area (Å²) < 4.78 is 4.56. The first-order valence-corrected chi connectivity index (χ1v) is 9.49. The highest BCUT2D eigenvalue weighted by atomic mass is 32.1. The van der Waals surface area contributed by atoms with Gasteiger partial charge in [0.25, 0.3) is 0 Å². The van der Waals surface area contributed by atoms with Crippen LogP contribution in [-0.2, 0) is 6.54 Å². The molecule has 0 spiro atoms. The molecule has 0 aliphatic carbocycles. The maximum Gasteiger partial charge on any atom is 0.0685 e. The zero-order valence-corrected chi connectivity index (χ0v) is 16.0. The first-order chi connectivity index (χ1) is 10.6. The molecule has 1 aromatic heterocycles. The number of hydrogen-bond donors (Lipinski definition) is 0. The minimum Gasteiger partial charge on any atom is -0.303 e. The number of rotatable bonds is 12. The highest BCUT2D eigenvalue weighted by Gasteiger charge is 2.11. The molecule has 0 amide bonds. The molecule has 0 bridgehead atoms. The Morgan fingerprint density at radius 2 is 1.27 bits per heavy atom. The van der Waals surface area contributed by atoms with E-state index in [1.165, 1.54) is 10.6 Å². The summed E-state index contributed by atoms with van der Waals surface area (Å²) in [5.41, 5.74) is 1.22. The molecule has 0 aliphatic heterocycles. The number of likely N-dealkylation sites (N-methyl/N-ethyl adjacent to an activating group) is 2. The summed E-state index contributed by atoms with van der Waals surface area (Å²) in [6.07, 6.45) is 0. The van der Waals surface area contributed by atoms with Gasteiger partial charge in [-0.25, -0.2) is 0 Å². The van der Waals surface area contributed by atoms with Crippen molar-refractivity contribution in [3.8, 4) is 0 Å². The molecular weight excluding hydrogens is 292 g/mol. The van der Waals surface area contributed by atoms with Crippen LogP contribution < -0.4 is 0 Å². The van der Waals surface area contributed by atoms with Gasteiger partial charge in [0, 0.05) is 37.6 Å². The monoisotopic (exact) mass is 326 g/mol. The summed E-state index contributed by atoms with van der Waals surface area (Å²) in [7, 11) is 0. The fraction of sp³-hybridized carbons (Fsp3) is 0.824. The lowest BCUT2D eigenvalue weighted by Crippen LogP contribution is -2.39. The Bertz CT molecular complexity index is 370. The van der Waals surface area contributed by atoms with Crippen LogP contribution in [0.15, 0.2) is 6.07 Å². The first kappa shape index (κ1) is 19.6. The van der Waals surface area contributed by atoms with Crippen molar-refractivity contribution >= 4 is 11.5 Å². The molecule has 0 aliphatic rings. The minimum absolute atomic E-state index is 0.979. The van der Waals surface area contributed by atoms with Gasteiger partial charge in [-0.15, -0.1) is 0 Å². The van der Waals surface area contributed by atoms with E-state index in [-0.39, 0.29) is 0 Å². The van der Waals surface area contributed by atoms with Crippen LogP contribution in [0, 0.1) is 6.92 Å². The van der Waals surface area contributed by atoms with Crippen LogP contribution in [-0.4, -0.2) is 71.4 Å². The lowest BCUT2D eigenvalue weighted by Gasteiger charge is -2.28. The number of aromatic nitrogens is 1. The van der Waals surface area contributed by atoms with Gasteiger partial charge in [-0.1, -0.05) is 27.7 Å². The number of aryl methyl sites for hydroxylation is 1. The lowest BCUT2D eigenvalue weighted by atomic mass is 10.3. The fourth-order valence-corrected chi connectivity index (χ4v) is 3.20. The summed E-state index contributed by atoms with van der Waals surface area (Å²) >= 11 is 1.62. The molecule has 22 heavy (non-hydrogen) atoms. The molecule has 128 valence electrons. The predicted molar refractivity (Wildman–Crippen MR) is 97.7 cm³/mol. The van der Waals surface area contributed by atoms with Crippen LogP contribution in [0.5, 0.6) is 0 Å². The molecule has 1 heterocycles. The van der Waals surface area contributed by atoms with Gasteiger partial charge in [0.1, 0.15) is 0 Å². The standard InChI is InChI=1S/C17H34N4S/c1-6-19(7-2)10-12-21(13-11-20(8-3)9-4)15-17-14-16(5)22-18-17/h14H,6-13,15H2,1-5H3. The van der Waals surface area contributed by atoms with E-state index in [9.17, 15) is 0 Å². The Morgan fingerprint density at radius 3 is 1.64 bits per heavy atom. The van der Waals surface area contributed by atoms with E-state index < -0.39 is 0 Å². The van der Waals surface area contributed by atoms with Crippen molar-refractivity contribution in [3.05, 3.63) is 16.6 Å². The Labute approximate surface area is 141 Å². The van der Waals surface area contributed by atoms with E-state index in [1.807, 2.05) is 0 Å². The van der Waals surface area contributed by atoms with Crippen LogP contribution in [0.25, 0.3) is 0 Å². The van der Waals surface area contributed by atoms with Crippen molar-refractivity contribution < 1.29 is 0 Å². The van der Waals surface area contributed by atoms with E-state index in [0.717, 1.165) is 58.9 Å². The molecule has 0 atom stereocenters. The zero-order valence-electron chi connectivity index (χ0n) is 15.1. The average Bonchev–Trinajstić information content (AvgIpc) is 2.94. The smallest absolute Gasteiger partial charge is 0.0685 e. The zero-order chi connectivity index (χ0) is 16.4. The summed E-state index contributed by atoms with van der Waals surface area (Å²) in [5.74, 6) is 0. The van der Waals surface area contributed by atoms with Gasteiger partial charge in [0.05, 0.1) is 5.69 Å². The number of nitrogens with zero attached hydrogens (tertiary/aromatic N) is 4. The third-order valence-corrected chi connectivity index (χ3v) is 5.05. The Balaban J connectivity index is 2.55. The predicted octanol–water partition coefficient (Wildman–Crippen LogP) is 2.94. The Hall–Kier alpha value is -0.490. The van der Waals surface area contributed by atoms with Crippen LogP contribution >= 0.6 is 11.5 Å². The van der Waals surface area contributed by atoms with Gasteiger partial charge in [-0.2, -0.15) is 4.37 Å². The average molecular weight is 327 g/mol. The van der Waals surface area contributed by atoms with E-state index in [4.69, 9.17) is 0 Å². The van der Waals surface area contributed by atoms with Crippen LogP contribution in [0.2, 0.25) is 0 Å². The van der Waals surface area contributed by atoms with Crippen molar-refractivity contribution in [1.29, 1.82) is 0 Å². The molecule has 0 radical (unpaired) electrons. The molecule has 0 unspecified atom stereocenters. The van der Waals surface area contributed by atoms with Gasteiger partial charge >= 0.3 is 0 Å². The van der Waals surface area contributed by atoms with E-state index in [0.29, 0.717) is 0 Å². The summed E-state index contributed by atoms with van der Waals surface area (Å²) in [5, 5.41) is 0. The molecule has 0 N–H and O–H groups in total. The minimum atomic E-state index is 0.979. The topological polar surface area (TPSA) is 22.6 Å². The summed E-state index contributed by atoms with van der Waals surface area (Å²) in [6, 6.07) is 2.23. The summed E-state index contributed by atoms with van der Waals surface area (Å²) in [4.78, 5) is 8.86. The second kappa shape index (κ2) is 11.1. The molecule has 0 saturated heterocycles. The van der Waals surface area contributed by atoms with Crippen molar-refractivity contribution in [1.82, 2.24) is 19.1 Å². The molecular formula is C17H34N4S. The Kier molecular flexibility index (Phi) is 9.87. The van der Waals surface area contributed by atoms with Gasteiger partial charge in [0.2, 0.25) is 0 Å². The fourth-order valence-electron chi connectivity index (χ4n) is 2.64. The van der Waals surface area contributed by atoms with Gasteiger partial charge in [-0.3, -0.25) is 4.90 Å². The first-order valence-electron chi connectivity index (χ1n) is 8.72. The van der Waals surface area contributed by atoms with Crippen LogP contribution in [0.4, 0.5) is 0 Å². The maximum atomic E-state index is 4.56. The van der Waals surface area contributed by atoms with Crippen molar-refractivity contribution in [2.45, 2.75) is 41.2 Å². The van der Waals surface area contributed by atoms with Crippen molar-refractivity contribution in [2.75, 3.05) is 52.4 Å². The normalized spacial score (nSPS) is 12.0. The SMILES string of the molecule is CCN(CC)CCN(CCN(CC)CC)Cc1cc(C)sn1. The van der Waals surface area contributed by atoms with E-state index in [1.54, 1.807) is 11.5 Å². The van der Waals surface area contributed by atoms with Gasteiger partial charge < -0.3 is 9.80 Å². The van der Waals surface area contributed by atoms with Crippen LogP contribution in [0.3, 0.4) is 0 Å². The summed E-state index contributed by atoms with van der Waals surface area (Å²) in [6.45, 7) is 21.2. The largest absolute Gasteiger partial charge is 0.303 e. The third-order valence-electron chi connectivity index (χ3n) is 4.32.